The van der Waals surface area contributed by atoms with Gasteiger partial charge in [-0.15, -0.1) is 0 Å². The van der Waals surface area contributed by atoms with Crippen molar-refractivity contribution in [3.8, 4) is 0 Å². The Morgan fingerprint density at radius 1 is 1.12 bits per heavy atom. The standard InChI is InChI=1S/C14H9NO2/c16-9-10-7-13-14(17)12-4-2-1-3-11(12)5-6-15(13)8-10/h1-9H. The van der Waals surface area contributed by atoms with E-state index in [-0.39, 0.29) is 5.43 Å². The molecule has 3 nitrogen and oxygen atoms in total. The molecule has 2 aromatic heterocycles. The average molecular weight is 223 g/mol. The molecule has 0 saturated heterocycles. The lowest BCUT2D eigenvalue weighted by molar-refractivity contribution is 0.112. The summed E-state index contributed by atoms with van der Waals surface area (Å²) in [5.74, 6) is 0. The highest BCUT2D eigenvalue weighted by Crippen LogP contribution is 2.11. The van der Waals surface area contributed by atoms with Gasteiger partial charge in [-0.3, -0.25) is 9.59 Å². The normalized spacial score (nSPS) is 10.8. The molecule has 0 bridgehead atoms. The van der Waals surface area contributed by atoms with Gasteiger partial charge >= 0.3 is 0 Å². The molecule has 0 atom stereocenters. The Hall–Kier alpha value is -2.42. The van der Waals surface area contributed by atoms with Crippen molar-refractivity contribution in [2.24, 2.45) is 0 Å². The molecule has 0 unspecified atom stereocenters. The monoisotopic (exact) mass is 223 g/mol. The summed E-state index contributed by atoms with van der Waals surface area (Å²) in [5.41, 5.74) is 0.976. The van der Waals surface area contributed by atoms with Crippen LogP contribution in [0.2, 0.25) is 0 Å². The van der Waals surface area contributed by atoms with E-state index < -0.39 is 0 Å². The molecule has 0 spiro atoms. The molecular formula is C14H9NO2. The van der Waals surface area contributed by atoms with Gasteiger partial charge in [0.25, 0.3) is 0 Å². The van der Waals surface area contributed by atoms with Crippen molar-refractivity contribution >= 4 is 22.6 Å². The first-order chi connectivity index (χ1) is 8.29. The number of hydrogen-bond acceptors (Lipinski definition) is 2. The molecule has 2 heterocycles. The fraction of sp³-hybridized carbons (Fsp3) is 0. The van der Waals surface area contributed by atoms with E-state index in [1.807, 2.05) is 24.3 Å². The number of carbonyl (C=O) groups is 1. The number of benzene rings is 1. The van der Waals surface area contributed by atoms with Crippen molar-refractivity contribution in [1.29, 1.82) is 0 Å². The van der Waals surface area contributed by atoms with Crippen LogP contribution in [0.4, 0.5) is 0 Å². The maximum Gasteiger partial charge on any atom is 0.210 e. The Kier molecular flexibility index (Phi) is 2.05. The maximum absolute atomic E-state index is 12.3. The number of hydrogen-bond donors (Lipinski definition) is 0. The first-order valence-electron chi connectivity index (χ1n) is 5.28. The Bertz CT molecular complexity index is 787. The molecule has 0 saturated carbocycles. The Morgan fingerprint density at radius 3 is 2.76 bits per heavy atom. The van der Waals surface area contributed by atoms with E-state index in [2.05, 4.69) is 0 Å². The molecule has 0 aliphatic carbocycles. The van der Waals surface area contributed by atoms with Crippen molar-refractivity contribution in [3.63, 3.8) is 0 Å². The van der Waals surface area contributed by atoms with E-state index in [9.17, 15) is 9.59 Å². The van der Waals surface area contributed by atoms with Crippen LogP contribution in [0.1, 0.15) is 10.4 Å². The minimum atomic E-state index is -0.0568. The van der Waals surface area contributed by atoms with E-state index >= 15 is 0 Å². The second kappa shape index (κ2) is 3.56. The summed E-state index contributed by atoms with van der Waals surface area (Å²) in [4.78, 5) is 23.0. The predicted molar refractivity (Wildman–Crippen MR) is 66.6 cm³/mol. The summed E-state index contributed by atoms with van der Waals surface area (Å²) in [6.07, 6.45) is 4.20. The molecule has 0 N–H and O–H groups in total. The van der Waals surface area contributed by atoms with Gasteiger partial charge in [-0.05, 0) is 17.5 Å². The van der Waals surface area contributed by atoms with Gasteiger partial charge in [0.05, 0.1) is 5.52 Å². The van der Waals surface area contributed by atoms with E-state index in [0.29, 0.717) is 16.5 Å². The summed E-state index contributed by atoms with van der Waals surface area (Å²) in [6.45, 7) is 0. The Morgan fingerprint density at radius 2 is 1.94 bits per heavy atom. The molecule has 82 valence electrons. The number of carbonyl (C=O) groups excluding carboxylic acids is 1. The summed E-state index contributed by atoms with van der Waals surface area (Å²) in [7, 11) is 0. The van der Waals surface area contributed by atoms with E-state index in [1.165, 1.54) is 0 Å². The fourth-order valence-electron chi connectivity index (χ4n) is 2.02. The lowest BCUT2D eigenvalue weighted by Gasteiger charge is -1.87. The lowest BCUT2D eigenvalue weighted by Crippen LogP contribution is -1.99. The number of aldehydes is 1. The van der Waals surface area contributed by atoms with Crippen LogP contribution in [0.5, 0.6) is 0 Å². The third-order valence-electron chi connectivity index (χ3n) is 2.86. The molecule has 0 radical (unpaired) electrons. The molecule has 0 fully saturated rings. The van der Waals surface area contributed by atoms with Crippen molar-refractivity contribution in [2.45, 2.75) is 0 Å². The Labute approximate surface area is 96.9 Å². The topological polar surface area (TPSA) is 38.5 Å². The largest absolute Gasteiger partial charge is 0.320 e. The molecule has 3 heteroatoms. The molecule has 0 aliphatic rings. The summed E-state index contributed by atoms with van der Waals surface area (Å²) in [6, 6.07) is 10.9. The van der Waals surface area contributed by atoms with Gasteiger partial charge in [-0.1, -0.05) is 24.3 Å². The zero-order valence-corrected chi connectivity index (χ0v) is 8.96. The smallest absolute Gasteiger partial charge is 0.210 e. The zero-order chi connectivity index (χ0) is 11.8. The number of fused-ring (bicyclic) bond motifs is 2. The lowest BCUT2D eigenvalue weighted by atomic mass is 10.2. The van der Waals surface area contributed by atoms with Crippen molar-refractivity contribution in [1.82, 2.24) is 4.40 Å². The van der Waals surface area contributed by atoms with E-state index in [0.717, 1.165) is 11.7 Å². The van der Waals surface area contributed by atoms with Gasteiger partial charge in [0, 0.05) is 23.3 Å². The third kappa shape index (κ3) is 1.44. The van der Waals surface area contributed by atoms with Gasteiger partial charge in [0.2, 0.25) is 5.43 Å². The molecule has 17 heavy (non-hydrogen) atoms. The van der Waals surface area contributed by atoms with Crippen LogP contribution in [0, 0.1) is 0 Å². The van der Waals surface area contributed by atoms with Crippen LogP contribution < -0.4 is 5.43 Å². The molecule has 1 aromatic carbocycles. The molecule has 0 amide bonds. The Balaban J connectivity index is 2.59. The molecule has 0 aliphatic heterocycles. The minimum absolute atomic E-state index is 0.0568. The van der Waals surface area contributed by atoms with Crippen LogP contribution in [-0.2, 0) is 0 Å². The van der Waals surface area contributed by atoms with Crippen LogP contribution in [-0.4, -0.2) is 10.7 Å². The van der Waals surface area contributed by atoms with Crippen molar-refractivity contribution in [3.05, 3.63) is 64.6 Å². The van der Waals surface area contributed by atoms with Crippen molar-refractivity contribution < 1.29 is 4.79 Å². The highest BCUT2D eigenvalue weighted by Gasteiger charge is 2.04. The van der Waals surface area contributed by atoms with Crippen LogP contribution in [0.15, 0.2) is 53.6 Å². The molecule has 3 aromatic rings. The number of aromatic nitrogens is 1. The third-order valence-corrected chi connectivity index (χ3v) is 2.86. The van der Waals surface area contributed by atoms with Crippen LogP contribution in [0.3, 0.4) is 0 Å². The second-order valence-electron chi connectivity index (χ2n) is 3.92. The van der Waals surface area contributed by atoms with Gasteiger partial charge in [-0.25, -0.2) is 0 Å². The first kappa shape index (κ1) is 9.78. The maximum atomic E-state index is 12.3. The SMILES string of the molecule is O=Cc1cc2c(=O)c3ccccc3ccn2c1. The quantitative estimate of drug-likeness (QED) is 0.593. The average Bonchev–Trinajstić information content (AvgIpc) is 2.74. The highest BCUT2D eigenvalue weighted by atomic mass is 16.1. The van der Waals surface area contributed by atoms with Gasteiger partial charge in [-0.2, -0.15) is 0 Å². The first-order valence-corrected chi connectivity index (χ1v) is 5.28. The highest BCUT2D eigenvalue weighted by molar-refractivity contribution is 5.86. The van der Waals surface area contributed by atoms with Gasteiger partial charge in [0.1, 0.15) is 0 Å². The predicted octanol–water partition coefficient (Wildman–Crippen LogP) is 2.27. The van der Waals surface area contributed by atoms with Crippen LogP contribution >= 0.6 is 0 Å². The summed E-state index contributed by atoms with van der Waals surface area (Å²) in [5, 5.41) is 1.56. The van der Waals surface area contributed by atoms with E-state index in [4.69, 9.17) is 0 Å². The van der Waals surface area contributed by atoms with E-state index in [1.54, 1.807) is 28.9 Å². The molecular weight excluding hydrogens is 214 g/mol. The zero-order valence-electron chi connectivity index (χ0n) is 8.96. The molecule has 3 rings (SSSR count). The summed E-state index contributed by atoms with van der Waals surface area (Å²) < 4.78 is 1.69. The van der Waals surface area contributed by atoms with Crippen molar-refractivity contribution in [2.75, 3.05) is 0 Å². The van der Waals surface area contributed by atoms with Gasteiger partial charge in [0.15, 0.2) is 6.29 Å². The second-order valence-corrected chi connectivity index (χ2v) is 3.92. The minimum Gasteiger partial charge on any atom is -0.320 e. The van der Waals surface area contributed by atoms with Crippen LogP contribution in [0.25, 0.3) is 16.3 Å². The number of rotatable bonds is 1. The fourth-order valence-corrected chi connectivity index (χ4v) is 2.02. The summed E-state index contributed by atoms with van der Waals surface area (Å²) >= 11 is 0. The number of nitrogens with zero attached hydrogens (tertiary/aromatic N) is 1. The van der Waals surface area contributed by atoms with Gasteiger partial charge < -0.3 is 4.40 Å².